The molecule has 0 aliphatic carbocycles. The van der Waals surface area contributed by atoms with Crippen molar-refractivity contribution in [3.8, 4) is 11.4 Å². The Labute approximate surface area is 118 Å². The zero-order valence-corrected chi connectivity index (χ0v) is 11.2. The molecule has 0 aliphatic rings. The van der Waals surface area contributed by atoms with E-state index in [0.717, 1.165) is 6.07 Å². The van der Waals surface area contributed by atoms with Crippen molar-refractivity contribution in [2.45, 2.75) is 32.7 Å². The maximum absolute atomic E-state index is 13.3. The molecule has 1 heterocycles. The molecule has 2 aromatic rings. The van der Waals surface area contributed by atoms with Crippen LogP contribution in [0.2, 0.25) is 0 Å². The van der Waals surface area contributed by atoms with Gasteiger partial charge < -0.3 is 9.67 Å². The summed E-state index contributed by atoms with van der Waals surface area (Å²) >= 11 is 0. The van der Waals surface area contributed by atoms with Gasteiger partial charge in [0.05, 0.1) is 5.56 Å². The molecule has 0 aliphatic heterocycles. The molecule has 0 saturated carbocycles. The lowest BCUT2D eigenvalue weighted by Gasteiger charge is -2.11. The third-order valence-corrected chi connectivity index (χ3v) is 2.95. The predicted molar refractivity (Wildman–Crippen MR) is 66.6 cm³/mol. The maximum Gasteiger partial charge on any atom is 0.419 e. The normalized spacial score (nSPS) is 11.9. The Hall–Kier alpha value is -1.96. The minimum atomic E-state index is -4.78. The van der Waals surface area contributed by atoms with Gasteiger partial charge in [-0.25, -0.2) is 4.39 Å². The Bertz CT molecular complexity index is 637. The first-order valence-corrected chi connectivity index (χ1v) is 6.28. The largest absolute Gasteiger partial charge is 0.419 e. The van der Waals surface area contributed by atoms with Crippen molar-refractivity contribution in [2.75, 3.05) is 0 Å². The SMILES string of the molecule is CCCn1c(CO)nnc1-c1ccc(F)c(C(F)(F)F)c1. The minimum Gasteiger partial charge on any atom is -0.388 e. The van der Waals surface area contributed by atoms with Crippen LogP contribution in [0.3, 0.4) is 0 Å². The summed E-state index contributed by atoms with van der Waals surface area (Å²) in [6.07, 6.45) is -4.10. The zero-order chi connectivity index (χ0) is 15.6. The van der Waals surface area contributed by atoms with E-state index in [0.29, 0.717) is 19.0 Å². The average Bonchev–Trinajstić information content (AvgIpc) is 2.81. The number of aliphatic hydroxyl groups is 1. The van der Waals surface area contributed by atoms with Crippen LogP contribution in [0.4, 0.5) is 17.6 Å². The van der Waals surface area contributed by atoms with Gasteiger partial charge in [-0.05, 0) is 24.6 Å². The molecule has 0 spiro atoms. The third-order valence-electron chi connectivity index (χ3n) is 2.95. The number of nitrogens with zero attached hydrogens (tertiary/aromatic N) is 3. The summed E-state index contributed by atoms with van der Waals surface area (Å²) in [5.41, 5.74) is -1.25. The molecule has 8 heteroatoms. The minimum absolute atomic E-state index is 0.101. The Morgan fingerprint density at radius 1 is 1.24 bits per heavy atom. The Kier molecular flexibility index (Phi) is 4.26. The fourth-order valence-corrected chi connectivity index (χ4v) is 2.01. The van der Waals surface area contributed by atoms with Gasteiger partial charge in [-0.2, -0.15) is 13.2 Å². The topological polar surface area (TPSA) is 50.9 Å². The molecule has 0 radical (unpaired) electrons. The van der Waals surface area contributed by atoms with Crippen LogP contribution in [0.25, 0.3) is 11.4 Å². The van der Waals surface area contributed by atoms with Crippen molar-refractivity contribution in [3.05, 3.63) is 35.4 Å². The number of benzene rings is 1. The summed E-state index contributed by atoms with van der Waals surface area (Å²) in [5.74, 6) is -0.911. The van der Waals surface area contributed by atoms with E-state index in [-0.39, 0.29) is 23.8 Å². The van der Waals surface area contributed by atoms with Crippen LogP contribution in [0.1, 0.15) is 24.7 Å². The second kappa shape index (κ2) is 5.80. The summed E-state index contributed by atoms with van der Waals surface area (Å²) in [4.78, 5) is 0. The highest BCUT2D eigenvalue weighted by Gasteiger charge is 2.34. The molecule has 4 nitrogen and oxygen atoms in total. The lowest BCUT2D eigenvalue weighted by Crippen LogP contribution is -2.09. The van der Waals surface area contributed by atoms with Gasteiger partial charge in [-0.3, -0.25) is 0 Å². The van der Waals surface area contributed by atoms with Crippen molar-refractivity contribution in [1.29, 1.82) is 0 Å². The van der Waals surface area contributed by atoms with Gasteiger partial charge in [0.2, 0.25) is 0 Å². The van der Waals surface area contributed by atoms with Crippen LogP contribution in [0, 0.1) is 5.82 Å². The summed E-state index contributed by atoms with van der Waals surface area (Å²) in [7, 11) is 0. The highest BCUT2D eigenvalue weighted by atomic mass is 19.4. The van der Waals surface area contributed by atoms with Gasteiger partial charge in [0.15, 0.2) is 11.6 Å². The van der Waals surface area contributed by atoms with E-state index >= 15 is 0 Å². The monoisotopic (exact) mass is 303 g/mol. The summed E-state index contributed by atoms with van der Waals surface area (Å²) < 4.78 is 53.0. The quantitative estimate of drug-likeness (QED) is 0.883. The number of aromatic nitrogens is 3. The molecule has 0 atom stereocenters. The maximum atomic E-state index is 13.3. The highest BCUT2D eigenvalue weighted by molar-refractivity contribution is 5.57. The Balaban J connectivity index is 2.55. The van der Waals surface area contributed by atoms with E-state index in [2.05, 4.69) is 10.2 Å². The number of halogens is 4. The smallest absolute Gasteiger partial charge is 0.388 e. The van der Waals surface area contributed by atoms with E-state index in [9.17, 15) is 17.6 Å². The van der Waals surface area contributed by atoms with Gasteiger partial charge in [0.1, 0.15) is 12.4 Å². The molecule has 21 heavy (non-hydrogen) atoms. The second-order valence-electron chi connectivity index (χ2n) is 4.44. The average molecular weight is 303 g/mol. The second-order valence-corrected chi connectivity index (χ2v) is 4.44. The zero-order valence-electron chi connectivity index (χ0n) is 11.2. The van der Waals surface area contributed by atoms with Gasteiger partial charge in [-0.15, -0.1) is 10.2 Å². The van der Waals surface area contributed by atoms with Crippen LogP contribution < -0.4 is 0 Å². The van der Waals surface area contributed by atoms with Crippen LogP contribution in [-0.4, -0.2) is 19.9 Å². The molecule has 1 aromatic carbocycles. The molecule has 1 N–H and O–H groups in total. The molecule has 1 aromatic heterocycles. The van der Waals surface area contributed by atoms with E-state index in [1.165, 1.54) is 10.6 Å². The molecule has 0 saturated heterocycles. The number of rotatable bonds is 4. The first-order chi connectivity index (χ1) is 9.88. The third kappa shape index (κ3) is 3.05. The molecule has 0 unspecified atom stereocenters. The van der Waals surface area contributed by atoms with E-state index in [1.54, 1.807) is 0 Å². The number of hydrogen-bond donors (Lipinski definition) is 1. The predicted octanol–water partition coefficient (Wildman–Crippen LogP) is 3.01. The molecule has 0 amide bonds. The first-order valence-electron chi connectivity index (χ1n) is 6.28. The molecule has 114 valence electrons. The molecular formula is C13H13F4N3O. The fraction of sp³-hybridized carbons (Fsp3) is 0.385. The summed E-state index contributed by atoms with van der Waals surface area (Å²) in [5, 5.41) is 16.7. The fourth-order valence-electron chi connectivity index (χ4n) is 2.01. The molecule has 2 rings (SSSR count). The number of alkyl halides is 3. The van der Waals surface area contributed by atoms with Crippen molar-refractivity contribution >= 4 is 0 Å². The van der Waals surface area contributed by atoms with Gasteiger partial charge in [0, 0.05) is 12.1 Å². The lowest BCUT2D eigenvalue weighted by molar-refractivity contribution is -0.139. The molecule has 0 bridgehead atoms. The van der Waals surface area contributed by atoms with Gasteiger partial charge in [-0.1, -0.05) is 6.92 Å². The molecular weight excluding hydrogens is 290 g/mol. The van der Waals surface area contributed by atoms with Crippen molar-refractivity contribution in [1.82, 2.24) is 14.8 Å². The lowest BCUT2D eigenvalue weighted by atomic mass is 10.1. The standard InChI is InChI=1S/C13H13F4N3O/c1-2-5-20-11(7-21)18-19-12(20)8-3-4-10(14)9(6-8)13(15,16)17/h3-4,6,21H,2,5,7H2,1H3. The van der Waals surface area contributed by atoms with Crippen LogP contribution >= 0.6 is 0 Å². The number of hydrogen-bond acceptors (Lipinski definition) is 3. The van der Waals surface area contributed by atoms with E-state index in [4.69, 9.17) is 5.11 Å². The van der Waals surface area contributed by atoms with Crippen LogP contribution in [-0.2, 0) is 19.3 Å². The summed E-state index contributed by atoms with van der Waals surface area (Å²) in [6.45, 7) is 1.94. The van der Waals surface area contributed by atoms with Gasteiger partial charge in [0.25, 0.3) is 0 Å². The van der Waals surface area contributed by atoms with Crippen LogP contribution in [0.5, 0.6) is 0 Å². The number of aliphatic hydroxyl groups excluding tert-OH is 1. The van der Waals surface area contributed by atoms with Crippen molar-refractivity contribution in [2.24, 2.45) is 0 Å². The van der Waals surface area contributed by atoms with E-state index in [1.807, 2.05) is 6.92 Å². The van der Waals surface area contributed by atoms with Crippen LogP contribution in [0.15, 0.2) is 18.2 Å². The van der Waals surface area contributed by atoms with Gasteiger partial charge >= 0.3 is 6.18 Å². The Morgan fingerprint density at radius 2 is 1.95 bits per heavy atom. The molecule has 0 fully saturated rings. The Morgan fingerprint density at radius 3 is 2.52 bits per heavy atom. The first kappa shape index (κ1) is 15.4. The highest BCUT2D eigenvalue weighted by Crippen LogP contribution is 2.34. The van der Waals surface area contributed by atoms with E-state index < -0.39 is 17.6 Å². The van der Waals surface area contributed by atoms with Crippen molar-refractivity contribution in [3.63, 3.8) is 0 Å². The summed E-state index contributed by atoms with van der Waals surface area (Å²) in [6, 6.07) is 2.66. The van der Waals surface area contributed by atoms with Crippen molar-refractivity contribution < 1.29 is 22.7 Å².